The number of aromatic nitrogens is 3. The van der Waals surface area contributed by atoms with Crippen molar-refractivity contribution < 1.29 is 27.2 Å². The van der Waals surface area contributed by atoms with E-state index in [9.17, 15) is 22.8 Å². The molecule has 0 spiro atoms. The minimum atomic E-state index is -4.43. The summed E-state index contributed by atoms with van der Waals surface area (Å²) in [6, 6.07) is 5.40. The van der Waals surface area contributed by atoms with Crippen LogP contribution in [0.3, 0.4) is 0 Å². The second kappa shape index (κ2) is 10.4. The van der Waals surface area contributed by atoms with Gasteiger partial charge in [0.05, 0.1) is 11.9 Å². The molecule has 2 bridgehead atoms. The van der Waals surface area contributed by atoms with Gasteiger partial charge in [0.15, 0.2) is 17.5 Å². The van der Waals surface area contributed by atoms with Crippen molar-refractivity contribution in [2.24, 2.45) is 0 Å². The van der Waals surface area contributed by atoms with Gasteiger partial charge in [-0.15, -0.1) is 0 Å². The van der Waals surface area contributed by atoms with E-state index in [0.717, 1.165) is 36.3 Å². The van der Waals surface area contributed by atoms with Crippen LogP contribution in [0.2, 0.25) is 0 Å². The van der Waals surface area contributed by atoms with Crippen molar-refractivity contribution in [2.45, 2.75) is 32.5 Å². The van der Waals surface area contributed by atoms with Gasteiger partial charge in [-0.1, -0.05) is 0 Å². The number of anilines is 3. The Labute approximate surface area is 210 Å². The van der Waals surface area contributed by atoms with Gasteiger partial charge in [-0.05, 0) is 37.1 Å². The number of hydrogen-bond donors (Lipinski definition) is 2. The lowest BCUT2D eigenvalue weighted by atomic mass is 10.1. The molecular formula is C24H26F3N7O3. The van der Waals surface area contributed by atoms with Gasteiger partial charge in [-0.25, -0.2) is 15.0 Å². The highest BCUT2D eigenvalue weighted by molar-refractivity contribution is 5.94. The number of likely N-dealkylation sites (N-methyl/N-ethyl adjacent to an activating group) is 1. The standard InChI is InChI=1S/C14H17F3N4O.C10H9N3O2/c1-8-5-10(13(22)18-7-14(15,16)17)19-12-11(8)21-4-3-9(6-21)20(12)2;1-7-12-5-9(15-7)8-2-3-11-10(4-8)13-6-14/h5,9H,3-4,6-7H2,1-2H3,(H,18,22);2-6H,1H3,(H,11,13,14). The molecule has 2 aliphatic rings. The number of oxazole rings is 1. The topological polar surface area (TPSA) is 116 Å². The summed E-state index contributed by atoms with van der Waals surface area (Å²) >= 11 is 0. The highest BCUT2D eigenvalue weighted by Gasteiger charge is 2.36. The smallest absolute Gasteiger partial charge is 0.405 e. The molecule has 2 N–H and O–H groups in total. The van der Waals surface area contributed by atoms with Crippen molar-refractivity contribution in [1.82, 2.24) is 20.3 Å². The monoisotopic (exact) mass is 517 g/mol. The predicted molar refractivity (Wildman–Crippen MR) is 131 cm³/mol. The number of carbonyl (C=O) groups is 2. The lowest BCUT2D eigenvalue weighted by Gasteiger charge is -2.35. The third-order valence-electron chi connectivity index (χ3n) is 6.08. The minimum Gasteiger partial charge on any atom is -0.441 e. The molecule has 13 heteroatoms. The summed E-state index contributed by atoms with van der Waals surface area (Å²) in [7, 11) is 1.91. The summed E-state index contributed by atoms with van der Waals surface area (Å²) < 4.78 is 42.0. The van der Waals surface area contributed by atoms with Crippen LogP contribution in [-0.2, 0) is 4.79 Å². The molecule has 2 aliphatic heterocycles. The number of carbonyl (C=O) groups excluding carboxylic acids is 2. The van der Waals surface area contributed by atoms with Crippen LogP contribution >= 0.6 is 0 Å². The van der Waals surface area contributed by atoms with Crippen LogP contribution in [0, 0.1) is 13.8 Å². The van der Waals surface area contributed by atoms with Crippen molar-refractivity contribution in [2.75, 3.05) is 41.8 Å². The molecule has 1 atom stereocenters. The summed E-state index contributed by atoms with van der Waals surface area (Å²) in [6.45, 7) is 4.13. The van der Waals surface area contributed by atoms with E-state index >= 15 is 0 Å². The molecule has 3 aromatic heterocycles. The Hall–Kier alpha value is -4.16. The van der Waals surface area contributed by atoms with E-state index in [1.807, 2.05) is 24.2 Å². The fourth-order valence-corrected chi connectivity index (χ4v) is 4.33. The zero-order chi connectivity index (χ0) is 26.7. The largest absolute Gasteiger partial charge is 0.441 e. The van der Waals surface area contributed by atoms with Gasteiger partial charge in [0.1, 0.15) is 18.1 Å². The number of hydrogen-bond acceptors (Lipinski definition) is 8. The lowest BCUT2D eigenvalue weighted by Crippen LogP contribution is -2.41. The first-order valence-electron chi connectivity index (χ1n) is 11.5. The first-order chi connectivity index (χ1) is 17.6. The molecule has 1 fully saturated rings. The Balaban J connectivity index is 0.000000186. The summed E-state index contributed by atoms with van der Waals surface area (Å²) in [4.78, 5) is 38.6. The summed E-state index contributed by atoms with van der Waals surface area (Å²) in [5.74, 6) is 1.61. The van der Waals surface area contributed by atoms with Gasteiger partial charge < -0.3 is 24.9 Å². The molecule has 10 nitrogen and oxygen atoms in total. The Kier molecular flexibility index (Phi) is 7.32. The molecule has 2 amide bonds. The highest BCUT2D eigenvalue weighted by Crippen LogP contribution is 2.40. The molecular weight excluding hydrogens is 491 g/mol. The van der Waals surface area contributed by atoms with Gasteiger partial charge in [-0.2, -0.15) is 13.2 Å². The average molecular weight is 518 g/mol. The number of nitrogens with zero attached hydrogens (tertiary/aromatic N) is 5. The van der Waals surface area contributed by atoms with Crippen LogP contribution in [0.1, 0.15) is 28.4 Å². The van der Waals surface area contributed by atoms with E-state index in [2.05, 4.69) is 25.2 Å². The van der Waals surface area contributed by atoms with E-state index in [0.29, 0.717) is 35.7 Å². The highest BCUT2D eigenvalue weighted by atomic mass is 19.4. The summed E-state index contributed by atoms with van der Waals surface area (Å²) in [5.41, 5.74) is 2.68. The van der Waals surface area contributed by atoms with Gasteiger partial charge in [0.25, 0.3) is 5.91 Å². The molecule has 0 saturated carbocycles. The van der Waals surface area contributed by atoms with Crippen molar-refractivity contribution in [3.63, 3.8) is 0 Å². The first kappa shape index (κ1) is 25.9. The molecule has 0 aromatic carbocycles. The molecule has 196 valence electrons. The second-order valence-electron chi connectivity index (χ2n) is 8.73. The fourth-order valence-electron chi connectivity index (χ4n) is 4.33. The van der Waals surface area contributed by atoms with E-state index in [1.54, 1.807) is 37.5 Å². The van der Waals surface area contributed by atoms with Crippen LogP contribution in [0.4, 0.5) is 30.5 Å². The maximum Gasteiger partial charge on any atom is 0.405 e. The summed E-state index contributed by atoms with van der Waals surface area (Å²) in [6.07, 6.45) is 0.397. The SMILES string of the molecule is Cc1cc(C(=O)NCC(F)(F)F)nc2c1N1CCC(C1)N2C.Cc1ncc(-c2ccnc(NC=O)c2)o1. The predicted octanol–water partition coefficient (Wildman–Crippen LogP) is 3.32. The van der Waals surface area contributed by atoms with Crippen LogP contribution in [0.5, 0.6) is 0 Å². The molecule has 37 heavy (non-hydrogen) atoms. The van der Waals surface area contributed by atoms with Gasteiger partial charge in [-0.3, -0.25) is 9.59 Å². The molecule has 5 rings (SSSR count). The molecule has 0 radical (unpaired) electrons. The Morgan fingerprint density at radius 2 is 2.05 bits per heavy atom. The van der Waals surface area contributed by atoms with Gasteiger partial charge >= 0.3 is 6.18 Å². The molecule has 0 aliphatic carbocycles. The number of halogens is 3. The Morgan fingerprint density at radius 1 is 1.27 bits per heavy atom. The van der Waals surface area contributed by atoms with Crippen LogP contribution < -0.4 is 20.4 Å². The Bertz CT molecular complexity index is 1290. The zero-order valence-electron chi connectivity index (χ0n) is 20.5. The summed E-state index contributed by atoms with van der Waals surface area (Å²) in [5, 5.41) is 4.34. The number of fused-ring (bicyclic) bond motifs is 4. The quantitative estimate of drug-likeness (QED) is 0.495. The number of aryl methyl sites for hydroxylation is 2. The first-order valence-corrected chi connectivity index (χ1v) is 11.5. The fraction of sp³-hybridized carbons (Fsp3) is 0.375. The third kappa shape index (κ3) is 5.98. The number of rotatable bonds is 5. The molecule has 5 heterocycles. The van der Waals surface area contributed by atoms with Crippen LogP contribution in [0.25, 0.3) is 11.3 Å². The van der Waals surface area contributed by atoms with Crippen LogP contribution in [0.15, 0.2) is 35.0 Å². The number of pyridine rings is 2. The van der Waals surface area contributed by atoms with Crippen LogP contribution in [-0.4, -0.2) is 66.2 Å². The van der Waals surface area contributed by atoms with Crippen molar-refractivity contribution >= 4 is 29.6 Å². The number of nitrogens with one attached hydrogen (secondary N) is 2. The second-order valence-corrected chi connectivity index (χ2v) is 8.73. The van der Waals surface area contributed by atoms with E-state index in [-0.39, 0.29) is 5.69 Å². The van der Waals surface area contributed by atoms with E-state index < -0.39 is 18.6 Å². The molecule has 3 aromatic rings. The lowest BCUT2D eigenvalue weighted by molar-refractivity contribution is -0.123. The van der Waals surface area contributed by atoms with Crippen molar-refractivity contribution in [3.8, 4) is 11.3 Å². The van der Waals surface area contributed by atoms with E-state index in [4.69, 9.17) is 4.42 Å². The number of alkyl halides is 3. The van der Waals surface area contributed by atoms with Crippen molar-refractivity contribution in [3.05, 3.63) is 47.7 Å². The molecule has 1 saturated heterocycles. The maximum atomic E-state index is 12.2. The molecule has 1 unspecified atom stereocenters. The van der Waals surface area contributed by atoms with Gasteiger partial charge in [0, 0.05) is 44.9 Å². The maximum absolute atomic E-state index is 12.2. The normalized spacial score (nSPS) is 16.0. The zero-order valence-corrected chi connectivity index (χ0v) is 20.5. The third-order valence-corrected chi connectivity index (χ3v) is 6.08. The van der Waals surface area contributed by atoms with Crippen molar-refractivity contribution in [1.29, 1.82) is 0 Å². The number of amides is 2. The van der Waals surface area contributed by atoms with Gasteiger partial charge in [0.2, 0.25) is 6.41 Å². The minimum absolute atomic E-state index is 0.0230. The van der Waals surface area contributed by atoms with E-state index in [1.165, 1.54) is 0 Å². The average Bonchev–Trinajstić information content (AvgIpc) is 3.48. The Morgan fingerprint density at radius 3 is 2.73 bits per heavy atom.